The van der Waals surface area contributed by atoms with Crippen LogP contribution in [-0.2, 0) is 9.59 Å². The first kappa shape index (κ1) is 15.3. The minimum Gasteiger partial charge on any atom is -0.507 e. The van der Waals surface area contributed by atoms with Gasteiger partial charge in [0.2, 0.25) is 5.78 Å². The summed E-state index contributed by atoms with van der Waals surface area (Å²) in [5.74, 6) is -1.38. The van der Waals surface area contributed by atoms with E-state index in [1.165, 1.54) is 7.11 Å². The highest BCUT2D eigenvalue weighted by atomic mass is 16.5. The first-order valence-electron chi connectivity index (χ1n) is 6.55. The van der Waals surface area contributed by atoms with Crippen LogP contribution in [0.4, 0.5) is 5.69 Å². The molecule has 2 rings (SSSR count). The first-order chi connectivity index (χ1) is 10.6. The van der Waals surface area contributed by atoms with E-state index in [4.69, 9.17) is 4.74 Å². The molecule has 0 atom stereocenters. The van der Waals surface area contributed by atoms with Crippen LogP contribution in [0.2, 0.25) is 0 Å². The van der Waals surface area contributed by atoms with Gasteiger partial charge in [0.25, 0.3) is 5.91 Å². The molecule has 0 spiro atoms. The van der Waals surface area contributed by atoms with E-state index in [0.717, 1.165) is 6.08 Å². The minimum absolute atomic E-state index is 0.258. The van der Waals surface area contributed by atoms with Crippen LogP contribution in [0.1, 0.15) is 5.56 Å². The second kappa shape index (κ2) is 7.08. The van der Waals surface area contributed by atoms with Gasteiger partial charge in [0.1, 0.15) is 11.5 Å². The molecule has 112 valence electrons. The number of methoxy groups -OCH3 is 1. The fourth-order valence-electron chi connectivity index (χ4n) is 1.78. The maximum atomic E-state index is 11.8. The number of nitrogens with one attached hydrogen (secondary N) is 1. The van der Waals surface area contributed by atoms with E-state index in [0.29, 0.717) is 17.0 Å². The molecule has 5 heteroatoms. The van der Waals surface area contributed by atoms with Crippen LogP contribution in [-0.4, -0.2) is 23.9 Å². The average Bonchev–Trinajstić information content (AvgIpc) is 2.55. The van der Waals surface area contributed by atoms with Gasteiger partial charge in [0.15, 0.2) is 0 Å². The number of carbonyl (C=O) groups excluding carboxylic acids is 2. The van der Waals surface area contributed by atoms with Crippen molar-refractivity contribution < 1.29 is 19.4 Å². The summed E-state index contributed by atoms with van der Waals surface area (Å²) in [5.41, 5.74) is 0.898. The topological polar surface area (TPSA) is 75.6 Å². The SMILES string of the molecule is COc1cccc(NC(=O)C(=O)C=C(O)c2ccccc2)c1. The molecule has 0 saturated carbocycles. The molecule has 0 aliphatic carbocycles. The van der Waals surface area contributed by atoms with E-state index in [1.54, 1.807) is 54.6 Å². The van der Waals surface area contributed by atoms with Crippen LogP contribution in [0.3, 0.4) is 0 Å². The molecule has 0 unspecified atom stereocenters. The number of hydrogen-bond acceptors (Lipinski definition) is 4. The van der Waals surface area contributed by atoms with Gasteiger partial charge in [0.05, 0.1) is 7.11 Å². The van der Waals surface area contributed by atoms with Gasteiger partial charge in [-0.15, -0.1) is 0 Å². The Morgan fingerprint density at radius 2 is 1.82 bits per heavy atom. The molecule has 5 nitrogen and oxygen atoms in total. The quantitative estimate of drug-likeness (QED) is 0.505. The zero-order chi connectivity index (χ0) is 15.9. The van der Waals surface area contributed by atoms with Gasteiger partial charge in [-0.2, -0.15) is 0 Å². The lowest BCUT2D eigenvalue weighted by molar-refractivity contribution is -0.131. The summed E-state index contributed by atoms with van der Waals surface area (Å²) in [4.78, 5) is 23.6. The molecule has 2 aromatic rings. The van der Waals surface area contributed by atoms with Gasteiger partial charge in [-0.3, -0.25) is 9.59 Å². The third-order valence-corrected chi connectivity index (χ3v) is 2.89. The predicted octanol–water partition coefficient (Wildman–Crippen LogP) is 2.80. The third-order valence-electron chi connectivity index (χ3n) is 2.89. The molecule has 0 heterocycles. The fourth-order valence-corrected chi connectivity index (χ4v) is 1.78. The highest BCUT2D eigenvalue weighted by molar-refractivity contribution is 6.45. The molecule has 0 radical (unpaired) electrons. The molecule has 2 N–H and O–H groups in total. The smallest absolute Gasteiger partial charge is 0.296 e. The van der Waals surface area contributed by atoms with E-state index < -0.39 is 11.7 Å². The van der Waals surface area contributed by atoms with Crippen molar-refractivity contribution in [2.45, 2.75) is 0 Å². The van der Waals surface area contributed by atoms with Crippen molar-refractivity contribution in [2.75, 3.05) is 12.4 Å². The molecule has 0 aromatic heterocycles. The number of amides is 1. The predicted molar refractivity (Wildman–Crippen MR) is 83.7 cm³/mol. The summed E-state index contributed by atoms with van der Waals surface area (Å²) in [7, 11) is 1.51. The third kappa shape index (κ3) is 3.96. The van der Waals surface area contributed by atoms with Crippen LogP contribution < -0.4 is 10.1 Å². The standard InChI is InChI=1S/C17H15NO4/c1-22-14-9-5-8-13(10-14)18-17(21)16(20)11-15(19)12-6-3-2-4-7-12/h2-11,19H,1H3,(H,18,21). The van der Waals surface area contributed by atoms with E-state index >= 15 is 0 Å². The largest absolute Gasteiger partial charge is 0.507 e. The molecule has 22 heavy (non-hydrogen) atoms. The van der Waals surface area contributed by atoms with Gasteiger partial charge in [-0.25, -0.2) is 0 Å². The van der Waals surface area contributed by atoms with Crippen LogP contribution in [0.15, 0.2) is 60.7 Å². The monoisotopic (exact) mass is 297 g/mol. The van der Waals surface area contributed by atoms with Gasteiger partial charge in [0, 0.05) is 23.4 Å². The molecule has 0 fully saturated rings. The first-order valence-corrected chi connectivity index (χ1v) is 6.55. The number of ether oxygens (including phenoxy) is 1. The van der Waals surface area contributed by atoms with Gasteiger partial charge in [-0.05, 0) is 12.1 Å². The molecule has 0 aliphatic heterocycles. The Bertz CT molecular complexity index is 708. The lowest BCUT2D eigenvalue weighted by Crippen LogP contribution is -2.21. The average molecular weight is 297 g/mol. The van der Waals surface area contributed by atoms with E-state index in [9.17, 15) is 14.7 Å². The van der Waals surface area contributed by atoms with Crippen LogP contribution in [0.5, 0.6) is 5.75 Å². The van der Waals surface area contributed by atoms with Crippen molar-refractivity contribution in [1.82, 2.24) is 0 Å². The van der Waals surface area contributed by atoms with E-state index in [-0.39, 0.29) is 5.76 Å². The Morgan fingerprint density at radius 3 is 2.50 bits per heavy atom. The maximum absolute atomic E-state index is 11.8. The number of rotatable bonds is 5. The fraction of sp³-hybridized carbons (Fsp3) is 0.0588. The highest BCUT2D eigenvalue weighted by Crippen LogP contribution is 2.17. The van der Waals surface area contributed by atoms with Crippen molar-refractivity contribution in [3.05, 3.63) is 66.2 Å². The lowest BCUT2D eigenvalue weighted by Gasteiger charge is -2.05. The van der Waals surface area contributed by atoms with Gasteiger partial charge in [-0.1, -0.05) is 36.4 Å². The molecule has 1 amide bonds. The Kier molecular flexibility index (Phi) is 4.93. The minimum atomic E-state index is -0.843. The summed E-state index contributed by atoms with van der Waals surface area (Å²) in [6.07, 6.45) is 0.894. The normalized spacial score (nSPS) is 10.9. The second-order valence-electron chi connectivity index (χ2n) is 4.45. The highest BCUT2D eigenvalue weighted by Gasteiger charge is 2.13. The van der Waals surface area contributed by atoms with Gasteiger partial charge < -0.3 is 15.2 Å². The number of hydrogen-bond donors (Lipinski definition) is 2. The summed E-state index contributed by atoms with van der Waals surface area (Å²) >= 11 is 0. The zero-order valence-electron chi connectivity index (χ0n) is 11.9. The number of anilines is 1. The Hall–Kier alpha value is -3.08. The summed E-state index contributed by atoms with van der Waals surface area (Å²) in [6, 6.07) is 15.1. The Balaban J connectivity index is 2.07. The molecule has 0 saturated heterocycles. The second-order valence-corrected chi connectivity index (χ2v) is 4.45. The number of aliphatic hydroxyl groups is 1. The molecular weight excluding hydrogens is 282 g/mol. The number of carbonyl (C=O) groups is 2. The number of aliphatic hydroxyl groups excluding tert-OH is 1. The Labute approximate surface area is 127 Å². The Morgan fingerprint density at radius 1 is 1.09 bits per heavy atom. The van der Waals surface area contributed by atoms with Gasteiger partial charge >= 0.3 is 0 Å². The van der Waals surface area contributed by atoms with Crippen LogP contribution >= 0.6 is 0 Å². The van der Waals surface area contributed by atoms with Crippen molar-refractivity contribution in [1.29, 1.82) is 0 Å². The lowest BCUT2D eigenvalue weighted by atomic mass is 10.1. The van der Waals surface area contributed by atoms with E-state index in [1.807, 2.05) is 0 Å². The molecular formula is C17H15NO4. The molecule has 0 aliphatic rings. The molecule has 2 aromatic carbocycles. The van der Waals surface area contributed by atoms with Crippen molar-refractivity contribution in [3.63, 3.8) is 0 Å². The number of ketones is 1. The number of benzene rings is 2. The summed E-state index contributed by atoms with van der Waals surface area (Å²) < 4.78 is 5.03. The van der Waals surface area contributed by atoms with Crippen LogP contribution in [0, 0.1) is 0 Å². The summed E-state index contributed by atoms with van der Waals surface area (Å²) in [5, 5.41) is 12.3. The van der Waals surface area contributed by atoms with Crippen LogP contribution in [0.25, 0.3) is 5.76 Å². The van der Waals surface area contributed by atoms with Crippen molar-refractivity contribution in [3.8, 4) is 5.75 Å². The summed E-state index contributed by atoms with van der Waals surface area (Å²) in [6.45, 7) is 0. The molecule has 0 bridgehead atoms. The van der Waals surface area contributed by atoms with E-state index in [2.05, 4.69) is 5.32 Å². The van der Waals surface area contributed by atoms with Crippen molar-refractivity contribution >= 4 is 23.1 Å². The zero-order valence-corrected chi connectivity index (χ0v) is 11.9. The van der Waals surface area contributed by atoms with Crippen molar-refractivity contribution in [2.24, 2.45) is 0 Å². The maximum Gasteiger partial charge on any atom is 0.296 e.